The van der Waals surface area contributed by atoms with E-state index >= 15 is 0 Å². The number of fused-ring (bicyclic) bond motifs is 1. The average molecular weight is 396 g/mol. The molecule has 0 aliphatic rings. The lowest BCUT2D eigenvalue weighted by molar-refractivity contribution is 0.686. The maximum atomic E-state index is 11.8. The molecule has 0 saturated heterocycles. The molecule has 0 bridgehead atoms. The summed E-state index contributed by atoms with van der Waals surface area (Å²) in [5, 5.41) is 4.74. The van der Waals surface area contributed by atoms with Crippen molar-refractivity contribution in [1.29, 1.82) is 0 Å². The third-order valence-electron chi connectivity index (χ3n) is 4.29. The molecule has 5 nitrogen and oxygen atoms in total. The van der Waals surface area contributed by atoms with Gasteiger partial charge >= 0.3 is 0 Å². The van der Waals surface area contributed by atoms with Crippen LogP contribution in [0.25, 0.3) is 28.2 Å². The van der Waals surface area contributed by atoms with E-state index in [9.17, 15) is 8.42 Å². The van der Waals surface area contributed by atoms with Gasteiger partial charge in [0.05, 0.1) is 17.6 Å². The first-order chi connectivity index (χ1) is 13.0. The number of imidazole rings is 1. The van der Waals surface area contributed by atoms with Gasteiger partial charge in [-0.3, -0.25) is 8.42 Å². The minimum absolute atomic E-state index is 0.729. The van der Waals surface area contributed by atoms with Crippen LogP contribution in [0.15, 0.2) is 76.7 Å². The molecule has 136 valence electrons. The molecule has 0 spiro atoms. The topological polar surface area (TPSA) is 64.3 Å². The first-order valence-corrected chi connectivity index (χ1v) is 11.4. The van der Waals surface area contributed by atoms with Crippen LogP contribution in [0.3, 0.4) is 0 Å². The van der Waals surface area contributed by atoms with Crippen molar-refractivity contribution < 1.29 is 8.42 Å². The van der Waals surface area contributed by atoms with Gasteiger partial charge in [0, 0.05) is 55.0 Å². The van der Waals surface area contributed by atoms with Crippen LogP contribution in [0.1, 0.15) is 0 Å². The van der Waals surface area contributed by atoms with Gasteiger partial charge in [-0.15, -0.1) is 0 Å². The van der Waals surface area contributed by atoms with E-state index in [0.717, 1.165) is 38.0 Å². The van der Waals surface area contributed by atoms with Crippen molar-refractivity contribution in [3.8, 4) is 22.5 Å². The maximum Gasteiger partial charge on any atom is 0.154 e. The molecular weight excluding hydrogens is 378 g/mol. The summed E-state index contributed by atoms with van der Waals surface area (Å²) in [5.74, 6) is 0. The summed E-state index contributed by atoms with van der Waals surface area (Å²) < 4.78 is 25.4. The third-order valence-corrected chi connectivity index (χ3v) is 6.12. The van der Waals surface area contributed by atoms with Gasteiger partial charge in [-0.25, -0.2) is 9.50 Å². The molecule has 0 N–H and O–H groups in total. The molecule has 0 aliphatic carbocycles. The highest BCUT2D eigenvalue weighted by molar-refractivity contribution is 7.84. The van der Waals surface area contributed by atoms with E-state index < -0.39 is 21.6 Å². The minimum atomic E-state index is -1.05. The van der Waals surface area contributed by atoms with E-state index in [-0.39, 0.29) is 0 Å². The third kappa shape index (κ3) is 3.48. The fourth-order valence-corrected chi connectivity index (χ4v) is 4.02. The first-order valence-electron chi connectivity index (χ1n) is 8.25. The van der Waals surface area contributed by atoms with E-state index in [2.05, 4.69) is 4.98 Å². The Balaban J connectivity index is 1.85. The van der Waals surface area contributed by atoms with Crippen molar-refractivity contribution in [2.75, 3.05) is 12.5 Å². The highest BCUT2D eigenvalue weighted by atomic mass is 32.2. The van der Waals surface area contributed by atoms with Crippen LogP contribution in [-0.4, -0.2) is 35.5 Å². The smallest absolute Gasteiger partial charge is 0.154 e. The fraction of sp³-hybridized carbons (Fsp3) is 0.100. The number of nitrogens with zero attached hydrogens (tertiary/aromatic N) is 3. The van der Waals surface area contributed by atoms with Gasteiger partial charge in [0.25, 0.3) is 0 Å². The first kappa shape index (κ1) is 17.8. The lowest BCUT2D eigenvalue weighted by atomic mass is 10.1. The largest absolute Gasteiger partial charge is 0.255 e. The molecule has 4 rings (SSSR count). The Hall–Kier alpha value is -2.64. The van der Waals surface area contributed by atoms with Crippen LogP contribution in [-0.2, 0) is 21.6 Å². The van der Waals surface area contributed by atoms with Crippen LogP contribution in [0.4, 0.5) is 0 Å². The molecule has 2 heterocycles. The Bertz CT molecular complexity index is 1200. The van der Waals surface area contributed by atoms with E-state index in [1.165, 1.54) is 0 Å². The van der Waals surface area contributed by atoms with Crippen molar-refractivity contribution in [3.05, 3.63) is 66.9 Å². The van der Waals surface area contributed by atoms with Crippen LogP contribution in [0.5, 0.6) is 0 Å². The van der Waals surface area contributed by atoms with E-state index in [1.807, 2.05) is 60.7 Å². The zero-order valence-corrected chi connectivity index (χ0v) is 16.5. The number of benzene rings is 2. The van der Waals surface area contributed by atoms with Gasteiger partial charge < -0.3 is 0 Å². The SMILES string of the molecule is CS(=O)c1cccc(-c2ccc3ncc(-c4cccc(S(C)=O)c4)n3n2)c1. The summed E-state index contributed by atoms with van der Waals surface area (Å²) in [5.41, 5.74) is 4.13. The quantitative estimate of drug-likeness (QED) is 0.530. The van der Waals surface area contributed by atoms with Crippen LogP contribution >= 0.6 is 0 Å². The molecule has 0 saturated carbocycles. The molecule has 0 fully saturated rings. The zero-order chi connectivity index (χ0) is 19.0. The Kier molecular flexibility index (Phi) is 4.72. The second-order valence-electron chi connectivity index (χ2n) is 6.10. The van der Waals surface area contributed by atoms with Gasteiger partial charge in [-0.1, -0.05) is 24.3 Å². The Morgan fingerprint density at radius 3 is 2.11 bits per heavy atom. The average Bonchev–Trinajstić information content (AvgIpc) is 3.11. The molecule has 2 aromatic carbocycles. The fourth-order valence-electron chi connectivity index (χ4n) is 2.89. The highest BCUT2D eigenvalue weighted by Crippen LogP contribution is 2.25. The van der Waals surface area contributed by atoms with Crippen molar-refractivity contribution in [3.63, 3.8) is 0 Å². The molecule has 2 aromatic heterocycles. The second kappa shape index (κ2) is 7.17. The van der Waals surface area contributed by atoms with Gasteiger partial charge in [0.1, 0.15) is 0 Å². The molecule has 2 unspecified atom stereocenters. The standard InChI is InChI=1S/C20H17N3O2S2/c1-26(24)16-7-3-5-14(11-16)18-9-10-20-21-13-19(23(20)22-18)15-6-4-8-17(12-15)27(2)25/h3-13H,1-2H3. The number of hydrogen-bond donors (Lipinski definition) is 0. The molecule has 27 heavy (non-hydrogen) atoms. The Labute approximate surface area is 162 Å². The van der Waals surface area contributed by atoms with Crippen molar-refractivity contribution in [2.24, 2.45) is 0 Å². The normalized spacial score (nSPS) is 13.6. The van der Waals surface area contributed by atoms with Crippen LogP contribution < -0.4 is 0 Å². The van der Waals surface area contributed by atoms with Crippen LogP contribution in [0.2, 0.25) is 0 Å². The van der Waals surface area contributed by atoms with Gasteiger partial charge in [0.15, 0.2) is 5.65 Å². The maximum absolute atomic E-state index is 11.8. The Morgan fingerprint density at radius 2 is 1.44 bits per heavy atom. The molecule has 0 amide bonds. The predicted molar refractivity (Wildman–Crippen MR) is 109 cm³/mol. The number of hydrogen-bond acceptors (Lipinski definition) is 4. The molecular formula is C20H17N3O2S2. The lowest BCUT2D eigenvalue weighted by Gasteiger charge is -2.06. The highest BCUT2D eigenvalue weighted by Gasteiger charge is 2.11. The van der Waals surface area contributed by atoms with Crippen molar-refractivity contribution >= 4 is 27.2 Å². The number of rotatable bonds is 4. The molecule has 0 aliphatic heterocycles. The van der Waals surface area contributed by atoms with Crippen molar-refractivity contribution in [1.82, 2.24) is 14.6 Å². The minimum Gasteiger partial charge on any atom is -0.255 e. The van der Waals surface area contributed by atoms with Gasteiger partial charge in [-0.05, 0) is 36.4 Å². The predicted octanol–water partition coefficient (Wildman–Crippen LogP) is 3.54. The number of aromatic nitrogens is 3. The summed E-state index contributed by atoms with van der Waals surface area (Å²) in [7, 11) is -2.10. The van der Waals surface area contributed by atoms with E-state index in [4.69, 9.17) is 5.10 Å². The molecule has 7 heteroatoms. The lowest BCUT2D eigenvalue weighted by Crippen LogP contribution is -1.98. The summed E-state index contributed by atoms with van der Waals surface area (Å²) >= 11 is 0. The summed E-state index contributed by atoms with van der Waals surface area (Å²) in [6, 6.07) is 19.0. The summed E-state index contributed by atoms with van der Waals surface area (Å²) in [6.07, 6.45) is 5.09. The summed E-state index contributed by atoms with van der Waals surface area (Å²) in [6.45, 7) is 0. The van der Waals surface area contributed by atoms with Crippen molar-refractivity contribution in [2.45, 2.75) is 9.79 Å². The molecule has 2 atom stereocenters. The summed E-state index contributed by atoms with van der Waals surface area (Å²) in [4.78, 5) is 5.95. The van der Waals surface area contributed by atoms with Gasteiger partial charge in [0.2, 0.25) is 0 Å². The molecule has 4 aromatic rings. The Morgan fingerprint density at radius 1 is 0.815 bits per heavy atom. The van der Waals surface area contributed by atoms with E-state index in [1.54, 1.807) is 23.2 Å². The van der Waals surface area contributed by atoms with E-state index in [0.29, 0.717) is 0 Å². The van der Waals surface area contributed by atoms with Crippen LogP contribution in [0, 0.1) is 0 Å². The second-order valence-corrected chi connectivity index (χ2v) is 8.86. The molecule has 0 radical (unpaired) electrons. The zero-order valence-electron chi connectivity index (χ0n) is 14.8. The van der Waals surface area contributed by atoms with Gasteiger partial charge in [-0.2, -0.15) is 5.10 Å². The monoisotopic (exact) mass is 395 g/mol.